The van der Waals surface area contributed by atoms with Gasteiger partial charge in [0.05, 0.1) is 18.7 Å². The number of benzene rings is 1. The van der Waals surface area contributed by atoms with E-state index in [4.69, 9.17) is 4.74 Å². The molecule has 1 aliphatic heterocycles. The summed E-state index contributed by atoms with van der Waals surface area (Å²) in [6.45, 7) is 5.87. The molecule has 0 unspecified atom stereocenters. The molecular formula is C25H34FNO5. The fraction of sp³-hybridized carbons (Fsp3) is 0.640. The third kappa shape index (κ3) is 5.67. The molecule has 1 aliphatic carbocycles. The van der Waals surface area contributed by atoms with Gasteiger partial charge in [-0.1, -0.05) is 38.2 Å². The summed E-state index contributed by atoms with van der Waals surface area (Å²) < 4.78 is 24.9. The molecule has 0 radical (unpaired) electrons. The third-order valence-corrected chi connectivity index (χ3v) is 6.50. The predicted molar refractivity (Wildman–Crippen MR) is 118 cm³/mol. The molecule has 1 aromatic rings. The zero-order chi connectivity index (χ0) is 23.5. The van der Waals surface area contributed by atoms with Crippen molar-refractivity contribution in [1.29, 1.82) is 0 Å². The SMILES string of the molecule is COC(=O)c1ccc(CC(=O)[C@@H]2[C@@H](C3CCCCC3)CCN2C(=O)OC(C)(C)C)c(F)c1. The Balaban J connectivity index is 1.83. The van der Waals surface area contributed by atoms with Crippen LogP contribution in [0.2, 0.25) is 0 Å². The molecule has 1 aromatic carbocycles. The van der Waals surface area contributed by atoms with Gasteiger partial charge in [-0.3, -0.25) is 9.69 Å². The van der Waals surface area contributed by atoms with Gasteiger partial charge in [0.15, 0.2) is 5.78 Å². The molecule has 176 valence electrons. The number of rotatable bonds is 5. The second kappa shape index (κ2) is 10.0. The topological polar surface area (TPSA) is 72.9 Å². The van der Waals surface area contributed by atoms with Crippen LogP contribution < -0.4 is 0 Å². The first-order valence-electron chi connectivity index (χ1n) is 11.5. The summed E-state index contributed by atoms with van der Waals surface area (Å²) in [6, 6.07) is 3.37. The number of amides is 1. The number of esters is 1. The van der Waals surface area contributed by atoms with Gasteiger partial charge in [-0.2, -0.15) is 0 Å². The molecule has 0 spiro atoms. The summed E-state index contributed by atoms with van der Waals surface area (Å²) in [5.74, 6) is -0.999. The minimum Gasteiger partial charge on any atom is -0.465 e. The van der Waals surface area contributed by atoms with Crippen LogP contribution in [0.1, 0.15) is 75.2 Å². The summed E-state index contributed by atoms with van der Waals surface area (Å²) >= 11 is 0. The number of hydrogen-bond donors (Lipinski definition) is 0. The lowest BCUT2D eigenvalue weighted by atomic mass is 9.75. The highest BCUT2D eigenvalue weighted by Gasteiger charge is 2.46. The number of nitrogens with zero attached hydrogens (tertiary/aromatic N) is 1. The quantitative estimate of drug-likeness (QED) is 0.599. The van der Waals surface area contributed by atoms with E-state index in [0.29, 0.717) is 12.5 Å². The average molecular weight is 448 g/mol. The summed E-state index contributed by atoms with van der Waals surface area (Å²) in [7, 11) is 1.23. The van der Waals surface area contributed by atoms with Crippen LogP contribution in [0.25, 0.3) is 0 Å². The highest BCUT2D eigenvalue weighted by molar-refractivity contribution is 5.91. The van der Waals surface area contributed by atoms with Crippen molar-refractivity contribution in [3.8, 4) is 0 Å². The van der Waals surface area contributed by atoms with Gasteiger partial charge in [0.25, 0.3) is 0 Å². The number of halogens is 1. The van der Waals surface area contributed by atoms with E-state index >= 15 is 0 Å². The van der Waals surface area contributed by atoms with E-state index in [-0.39, 0.29) is 29.2 Å². The van der Waals surface area contributed by atoms with Crippen molar-refractivity contribution in [2.24, 2.45) is 11.8 Å². The Hall–Kier alpha value is -2.44. The number of carbonyl (C=O) groups is 3. The Morgan fingerprint density at radius 3 is 2.38 bits per heavy atom. The second-order valence-electron chi connectivity index (χ2n) is 9.91. The zero-order valence-electron chi connectivity index (χ0n) is 19.5. The predicted octanol–water partition coefficient (Wildman–Crippen LogP) is 4.93. The number of ketones is 1. The first-order chi connectivity index (χ1) is 15.1. The lowest BCUT2D eigenvalue weighted by molar-refractivity contribution is -0.124. The number of hydrogen-bond acceptors (Lipinski definition) is 5. The van der Waals surface area contributed by atoms with Crippen LogP contribution in [0.4, 0.5) is 9.18 Å². The molecule has 1 heterocycles. The Kier molecular flexibility index (Phi) is 7.57. The number of methoxy groups -OCH3 is 1. The van der Waals surface area contributed by atoms with Crippen LogP contribution >= 0.6 is 0 Å². The van der Waals surface area contributed by atoms with Crippen molar-refractivity contribution in [3.05, 3.63) is 35.1 Å². The zero-order valence-corrected chi connectivity index (χ0v) is 19.5. The third-order valence-electron chi connectivity index (χ3n) is 6.50. The molecule has 1 saturated carbocycles. The summed E-state index contributed by atoms with van der Waals surface area (Å²) in [5, 5.41) is 0. The normalized spacial score (nSPS) is 22.0. The maximum Gasteiger partial charge on any atom is 0.410 e. The molecule has 0 bridgehead atoms. The van der Waals surface area contributed by atoms with Crippen molar-refractivity contribution < 1.29 is 28.2 Å². The molecule has 2 aliphatic rings. The number of ether oxygens (including phenoxy) is 2. The fourth-order valence-corrected chi connectivity index (χ4v) is 5.04. The van der Waals surface area contributed by atoms with E-state index < -0.39 is 29.5 Å². The second-order valence-corrected chi connectivity index (χ2v) is 9.91. The average Bonchev–Trinajstić information content (AvgIpc) is 3.19. The first-order valence-corrected chi connectivity index (χ1v) is 11.5. The van der Waals surface area contributed by atoms with Crippen LogP contribution in [0.15, 0.2) is 18.2 Å². The largest absolute Gasteiger partial charge is 0.465 e. The van der Waals surface area contributed by atoms with Crippen molar-refractivity contribution in [2.75, 3.05) is 13.7 Å². The van der Waals surface area contributed by atoms with Crippen molar-refractivity contribution in [2.45, 2.75) is 77.4 Å². The minimum absolute atomic E-state index is 0.0627. The van der Waals surface area contributed by atoms with Gasteiger partial charge in [-0.25, -0.2) is 14.0 Å². The van der Waals surface area contributed by atoms with E-state index in [1.54, 1.807) is 25.7 Å². The summed E-state index contributed by atoms with van der Waals surface area (Å²) in [5.41, 5.74) is -0.359. The van der Waals surface area contributed by atoms with Crippen LogP contribution in [-0.2, 0) is 20.7 Å². The molecule has 2 fully saturated rings. The van der Waals surface area contributed by atoms with Crippen LogP contribution in [0.5, 0.6) is 0 Å². The van der Waals surface area contributed by atoms with Gasteiger partial charge in [-0.15, -0.1) is 0 Å². The molecule has 32 heavy (non-hydrogen) atoms. The van der Waals surface area contributed by atoms with Gasteiger partial charge in [0.1, 0.15) is 11.4 Å². The number of likely N-dealkylation sites (tertiary alicyclic amines) is 1. The van der Waals surface area contributed by atoms with Gasteiger partial charge < -0.3 is 9.47 Å². The number of carbonyl (C=O) groups excluding carboxylic acids is 3. The van der Waals surface area contributed by atoms with E-state index in [1.807, 2.05) is 0 Å². The molecule has 0 N–H and O–H groups in total. The molecule has 6 nitrogen and oxygen atoms in total. The highest BCUT2D eigenvalue weighted by atomic mass is 19.1. The Morgan fingerprint density at radius 1 is 1.09 bits per heavy atom. The van der Waals surface area contributed by atoms with Crippen LogP contribution in [0.3, 0.4) is 0 Å². The Bertz CT molecular complexity index is 856. The van der Waals surface area contributed by atoms with Crippen LogP contribution in [0, 0.1) is 17.7 Å². The summed E-state index contributed by atoms with van der Waals surface area (Å²) in [6.07, 6.45) is 5.71. The van der Waals surface area contributed by atoms with Crippen molar-refractivity contribution in [3.63, 3.8) is 0 Å². The van der Waals surface area contributed by atoms with Gasteiger partial charge in [0.2, 0.25) is 0 Å². The van der Waals surface area contributed by atoms with E-state index in [2.05, 4.69) is 4.74 Å². The lowest BCUT2D eigenvalue weighted by Gasteiger charge is -2.34. The molecule has 1 saturated heterocycles. The molecular weight excluding hydrogens is 413 g/mol. The van der Waals surface area contributed by atoms with Crippen molar-refractivity contribution >= 4 is 17.8 Å². The van der Waals surface area contributed by atoms with Gasteiger partial charge >= 0.3 is 12.1 Å². The fourth-order valence-electron chi connectivity index (χ4n) is 5.04. The van der Waals surface area contributed by atoms with E-state index in [0.717, 1.165) is 38.2 Å². The van der Waals surface area contributed by atoms with Crippen molar-refractivity contribution in [1.82, 2.24) is 4.90 Å². The summed E-state index contributed by atoms with van der Waals surface area (Å²) in [4.78, 5) is 39.6. The van der Waals surface area contributed by atoms with Crippen LogP contribution in [-0.4, -0.2) is 48.0 Å². The first kappa shape index (κ1) is 24.2. The number of Topliss-reactive ketones (excluding diaryl/α,β-unsaturated/α-hetero) is 1. The standard InChI is InChI=1S/C25H34FNO5/c1-25(2,3)32-24(30)27-13-12-19(16-8-6-5-7-9-16)22(27)21(28)15-17-10-11-18(14-20(17)26)23(29)31-4/h10-11,14,16,19,22H,5-9,12-13,15H2,1-4H3/t19-,22+/m1/s1. The van der Waals surface area contributed by atoms with E-state index in [1.165, 1.54) is 25.7 Å². The molecule has 0 aromatic heterocycles. The monoisotopic (exact) mass is 447 g/mol. The molecule has 3 rings (SSSR count). The maximum absolute atomic E-state index is 14.7. The van der Waals surface area contributed by atoms with E-state index in [9.17, 15) is 18.8 Å². The maximum atomic E-state index is 14.7. The van der Waals surface area contributed by atoms with Gasteiger partial charge in [0, 0.05) is 13.0 Å². The Labute approximate surface area is 189 Å². The minimum atomic E-state index is -0.663. The smallest absolute Gasteiger partial charge is 0.410 e. The lowest BCUT2D eigenvalue weighted by Crippen LogP contribution is -2.47. The molecule has 7 heteroatoms. The van der Waals surface area contributed by atoms with Gasteiger partial charge in [-0.05, 0) is 56.7 Å². The Morgan fingerprint density at radius 2 is 1.78 bits per heavy atom. The highest BCUT2D eigenvalue weighted by Crippen LogP contribution is 2.40. The molecule has 1 amide bonds. The molecule has 2 atom stereocenters.